The van der Waals surface area contributed by atoms with Crippen LogP contribution < -0.4 is 5.32 Å². The van der Waals surface area contributed by atoms with Gasteiger partial charge in [0.15, 0.2) is 0 Å². The minimum atomic E-state index is -1.02. The lowest BCUT2D eigenvalue weighted by atomic mass is 10.1. The fraction of sp³-hybridized carbons (Fsp3) is 0.308. The van der Waals surface area contributed by atoms with Gasteiger partial charge in [-0.2, -0.15) is 16.9 Å². The van der Waals surface area contributed by atoms with E-state index in [0.717, 1.165) is 10.9 Å². The molecule has 0 spiro atoms. The number of carbonyl (C=O) groups excluding carboxylic acids is 1. The van der Waals surface area contributed by atoms with Crippen molar-refractivity contribution < 1.29 is 14.7 Å². The molecule has 1 aromatic heterocycles. The number of fused-ring (bicyclic) bond motifs is 1. The van der Waals surface area contributed by atoms with Gasteiger partial charge < -0.3 is 10.4 Å². The minimum absolute atomic E-state index is 0.394. The van der Waals surface area contributed by atoms with Crippen LogP contribution in [-0.4, -0.2) is 45.2 Å². The lowest BCUT2D eigenvalue weighted by Gasteiger charge is -2.13. The molecule has 3 N–H and O–H groups in total. The number of amides is 1. The maximum atomic E-state index is 12.1. The summed E-state index contributed by atoms with van der Waals surface area (Å²) < 4.78 is 0. The van der Waals surface area contributed by atoms with Crippen molar-refractivity contribution in [3.63, 3.8) is 0 Å². The SMILES string of the molecule is CSCC[C@H](NC(=O)c1ccc2cn[nH]c2c1)C(=O)O. The van der Waals surface area contributed by atoms with Crippen molar-refractivity contribution in [2.45, 2.75) is 12.5 Å². The first-order chi connectivity index (χ1) is 9.61. The van der Waals surface area contributed by atoms with Crippen LogP contribution in [0.2, 0.25) is 0 Å². The zero-order chi connectivity index (χ0) is 14.5. The van der Waals surface area contributed by atoms with Crippen LogP contribution in [0.4, 0.5) is 0 Å². The second kappa shape index (κ2) is 6.42. The van der Waals surface area contributed by atoms with Gasteiger partial charge in [0.25, 0.3) is 5.91 Å². The zero-order valence-corrected chi connectivity index (χ0v) is 11.7. The van der Waals surface area contributed by atoms with Crippen LogP contribution in [0.25, 0.3) is 10.9 Å². The summed E-state index contributed by atoms with van der Waals surface area (Å²) in [5, 5.41) is 19.2. The van der Waals surface area contributed by atoms with E-state index in [9.17, 15) is 9.59 Å². The maximum Gasteiger partial charge on any atom is 0.326 e. The van der Waals surface area contributed by atoms with Crippen LogP contribution in [0, 0.1) is 0 Å². The number of aromatic nitrogens is 2. The largest absolute Gasteiger partial charge is 0.480 e. The van der Waals surface area contributed by atoms with Crippen LogP contribution >= 0.6 is 11.8 Å². The number of carbonyl (C=O) groups is 2. The Kier molecular flexibility index (Phi) is 4.62. The summed E-state index contributed by atoms with van der Waals surface area (Å²) in [5.41, 5.74) is 1.16. The van der Waals surface area contributed by atoms with Gasteiger partial charge >= 0.3 is 5.97 Å². The second-order valence-electron chi connectivity index (χ2n) is 4.32. The Hall–Kier alpha value is -2.02. The molecular weight excluding hydrogens is 278 g/mol. The third-order valence-corrected chi connectivity index (χ3v) is 3.56. The Morgan fingerprint density at radius 1 is 1.50 bits per heavy atom. The number of hydrogen-bond acceptors (Lipinski definition) is 4. The normalized spacial score (nSPS) is 12.2. The van der Waals surface area contributed by atoms with Crippen LogP contribution in [0.3, 0.4) is 0 Å². The highest BCUT2D eigenvalue weighted by Crippen LogP contribution is 2.13. The third kappa shape index (κ3) is 3.30. The standard InChI is InChI=1S/C13H15N3O3S/c1-20-5-4-10(13(18)19)15-12(17)8-2-3-9-7-14-16-11(9)6-8/h2-3,6-7,10H,4-5H2,1H3,(H,14,16)(H,15,17)(H,18,19)/t10-/m0/s1. The first kappa shape index (κ1) is 14.4. The Bertz CT molecular complexity index is 626. The first-order valence-electron chi connectivity index (χ1n) is 6.07. The van der Waals surface area contributed by atoms with Gasteiger partial charge in [0.05, 0.1) is 11.7 Å². The van der Waals surface area contributed by atoms with E-state index < -0.39 is 17.9 Å². The van der Waals surface area contributed by atoms with E-state index in [1.54, 1.807) is 36.2 Å². The number of thioether (sulfide) groups is 1. The third-order valence-electron chi connectivity index (χ3n) is 2.92. The number of carboxylic acid groups (broad SMARTS) is 1. The Morgan fingerprint density at radius 2 is 2.30 bits per heavy atom. The van der Waals surface area contributed by atoms with Gasteiger partial charge in [-0.25, -0.2) is 4.79 Å². The molecule has 0 unspecified atom stereocenters. The van der Waals surface area contributed by atoms with Crippen LogP contribution in [0.15, 0.2) is 24.4 Å². The molecule has 1 atom stereocenters. The quantitative estimate of drug-likeness (QED) is 0.750. The van der Waals surface area contributed by atoms with Gasteiger partial charge in [-0.1, -0.05) is 6.07 Å². The highest BCUT2D eigenvalue weighted by molar-refractivity contribution is 7.98. The van der Waals surface area contributed by atoms with Crippen molar-refractivity contribution in [3.8, 4) is 0 Å². The molecule has 2 aromatic rings. The smallest absolute Gasteiger partial charge is 0.326 e. The average molecular weight is 293 g/mol. The van der Waals surface area contributed by atoms with Crippen molar-refractivity contribution in [3.05, 3.63) is 30.0 Å². The number of hydrogen-bond donors (Lipinski definition) is 3. The molecule has 1 heterocycles. The van der Waals surface area contributed by atoms with Gasteiger partial charge in [0, 0.05) is 10.9 Å². The van der Waals surface area contributed by atoms with E-state index >= 15 is 0 Å². The molecule has 20 heavy (non-hydrogen) atoms. The summed E-state index contributed by atoms with van der Waals surface area (Å²) >= 11 is 1.55. The lowest BCUT2D eigenvalue weighted by molar-refractivity contribution is -0.139. The molecule has 6 nitrogen and oxygen atoms in total. The summed E-state index contributed by atoms with van der Waals surface area (Å²) in [5.74, 6) is -0.735. The molecule has 106 valence electrons. The Balaban J connectivity index is 2.10. The molecule has 0 aliphatic heterocycles. The van der Waals surface area contributed by atoms with Crippen LogP contribution in [-0.2, 0) is 4.79 Å². The number of aliphatic carboxylic acids is 1. The number of aromatic amines is 1. The van der Waals surface area contributed by atoms with Gasteiger partial charge in [0.2, 0.25) is 0 Å². The number of nitrogens with zero attached hydrogens (tertiary/aromatic N) is 1. The first-order valence-corrected chi connectivity index (χ1v) is 7.47. The fourth-order valence-corrected chi connectivity index (χ4v) is 2.28. The summed E-state index contributed by atoms with van der Waals surface area (Å²) in [6.45, 7) is 0. The Morgan fingerprint density at radius 3 is 3.00 bits per heavy atom. The molecule has 0 fully saturated rings. The van der Waals surface area contributed by atoms with Crippen molar-refractivity contribution in [2.24, 2.45) is 0 Å². The van der Waals surface area contributed by atoms with Gasteiger partial charge in [-0.15, -0.1) is 0 Å². The van der Waals surface area contributed by atoms with Crippen molar-refractivity contribution in [1.82, 2.24) is 15.5 Å². The van der Waals surface area contributed by atoms with Crippen molar-refractivity contribution in [1.29, 1.82) is 0 Å². The summed E-state index contributed by atoms with van der Waals surface area (Å²) in [7, 11) is 0. The van der Waals surface area contributed by atoms with E-state index in [4.69, 9.17) is 5.11 Å². The molecule has 0 radical (unpaired) electrons. The van der Waals surface area contributed by atoms with Crippen molar-refractivity contribution >= 4 is 34.5 Å². The molecule has 0 saturated carbocycles. The van der Waals surface area contributed by atoms with Gasteiger partial charge in [-0.3, -0.25) is 9.89 Å². The molecule has 1 amide bonds. The molecular formula is C13H15N3O3S. The number of carboxylic acids is 1. The van der Waals surface area contributed by atoms with E-state index in [0.29, 0.717) is 17.7 Å². The van der Waals surface area contributed by atoms with Crippen molar-refractivity contribution in [2.75, 3.05) is 12.0 Å². The Labute approximate surface area is 119 Å². The molecule has 0 bridgehead atoms. The maximum absolute atomic E-state index is 12.1. The molecule has 0 saturated heterocycles. The fourth-order valence-electron chi connectivity index (χ4n) is 1.81. The summed E-state index contributed by atoms with van der Waals surface area (Å²) in [6.07, 6.45) is 3.96. The number of nitrogens with one attached hydrogen (secondary N) is 2. The predicted molar refractivity (Wildman–Crippen MR) is 78.0 cm³/mol. The number of rotatable bonds is 6. The van der Waals surface area contributed by atoms with Crippen LogP contribution in [0.5, 0.6) is 0 Å². The highest BCUT2D eigenvalue weighted by Gasteiger charge is 2.20. The summed E-state index contributed by atoms with van der Waals surface area (Å²) in [6, 6.07) is 4.21. The van der Waals surface area contributed by atoms with E-state index in [1.165, 1.54) is 0 Å². The van der Waals surface area contributed by atoms with E-state index in [1.807, 2.05) is 6.26 Å². The van der Waals surface area contributed by atoms with E-state index in [-0.39, 0.29) is 0 Å². The summed E-state index contributed by atoms with van der Waals surface area (Å²) in [4.78, 5) is 23.2. The van der Waals surface area contributed by atoms with E-state index in [2.05, 4.69) is 15.5 Å². The number of benzene rings is 1. The molecule has 0 aliphatic carbocycles. The number of H-pyrrole nitrogens is 1. The average Bonchev–Trinajstić information content (AvgIpc) is 2.90. The van der Waals surface area contributed by atoms with Gasteiger partial charge in [0.1, 0.15) is 6.04 Å². The topological polar surface area (TPSA) is 95.1 Å². The highest BCUT2D eigenvalue weighted by atomic mass is 32.2. The molecule has 2 rings (SSSR count). The van der Waals surface area contributed by atoms with Crippen LogP contribution in [0.1, 0.15) is 16.8 Å². The van der Waals surface area contributed by atoms with Gasteiger partial charge in [-0.05, 0) is 30.6 Å². The second-order valence-corrected chi connectivity index (χ2v) is 5.30. The zero-order valence-electron chi connectivity index (χ0n) is 10.9. The minimum Gasteiger partial charge on any atom is -0.480 e. The molecule has 7 heteroatoms. The molecule has 0 aliphatic rings. The lowest BCUT2D eigenvalue weighted by Crippen LogP contribution is -2.41. The monoisotopic (exact) mass is 293 g/mol. The predicted octanol–water partition coefficient (Wildman–Crippen LogP) is 1.50. The molecule has 1 aromatic carbocycles.